The molecule has 184 valence electrons. The molecule has 3 aromatic rings. The first kappa shape index (κ1) is 23.8. The van der Waals surface area contributed by atoms with Crippen LogP contribution < -0.4 is 15.5 Å². The SMILES string of the molecule is Fc1cccc(CNc2cc(-c3cc(NC4CCCCC4)ncc3Cl)cnc2N2CCOCC2)c1. The molecule has 0 spiro atoms. The molecule has 1 aliphatic heterocycles. The summed E-state index contributed by atoms with van der Waals surface area (Å²) in [6, 6.07) is 11.2. The lowest BCUT2D eigenvalue weighted by Gasteiger charge is -2.30. The average Bonchev–Trinajstić information content (AvgIpc) is 2.90. The van der Waals surface area contributed by atoms with Crippen molar-refractivity contribution >= 4 is 28.9 Å². The number of halogens is 2. The van der Waals surface area contributed by atoms with Gasteiger partial charge in [0.15, 0.2) is 5.82 Å². The summed E-state index contributed by atoms with van der Waals surface area (Å²) in [7, 11) is 0. The molecule has 1 saturated carbocycles. The molecule has 1 saturated heterocycles. The molecule has 2 fully saturated rings. The van der Waals surface area contributed by atoms with Crippen LogP contribution in [0.4, 0.5) is 21.7 Å². The first-order valence-electron chi connectivity index (χ1n) is 12.4. The fourth-order valence-electron chi connectivity index (χ4n) is 4.80. The molecule has 2 aromatic heterocycles. The Bertz CT molecular complexity index is 1150. The molecular formula is C27H31ClFN5O. The second-order valence-electron chi connectivity index (χ2n) is 9.21. The smallest absolute Gasteiger partial charge is 0.152 e. The highest BCUT2D eigenvalue weighted by Gasteiger charge is 2.19. The largest absolute Gasteiger partial charge is 0.378 e. The van der Waals surface area contributed by atoms with Crippen LogP contribution in [0.5, 0.6) is 0 Å². The van der Waals surface area contributed by atoms with Crippen molar-refractivity contribution < 1.29 is 9.13 Å². The minimum atomic E-state index is -0.244. The summed E-state index contributed by atoms with van der Waals surface area (Å²) in [4.78, 5) is 11.6. The van der Waals surface area contributed by atoms with Gasteiger partial charge in [-0.05, 0) is 42.7 Å². The number of anilines is 3. The summed E-state index contributed by atoms with van der Waals surface area (Å²) >= 11 is 6.60. The maximum absolute atomic E-state index is 13.7. The Morgan fingerprint density at radius 2 is 1.86 bits per heavy atom. The van der Waals surface area contributed by atoms with Crippen molar-refractivity contribution in [3.63, 3.8) is 0 Å². The third-order valence-corrected chi connectivity index (χ3v) is 6.97. The van der Waals surface area contributed by atoms with Crippen molar-refractivity contribution in [2.75, 3.05) is 41.8 Å². The van der Waals surface area contributed by atoms with E-state index in [-0.39, 0.29) is 5.82 Å². The van der Waals surface area contributed by atoms with E-state index >= 15 is 0 Å². The van der Waals surface area contributed by atoms with Crippen LogP contribution in [0.3, 0.4) is 0 Å². The second kappa shape index (κ2) is 11.2. The number of morpholine rings is 1. The first-order valence-corrected chi connectivity index (χ1v) is 12.8. The molecule has 1 aromatic carbocycles. The Balaban J connectivity index is 1.43. The number of ether oxygens (including phenoxy) is 1. The summed E-state index contributed by atoms with van der Waals surface area (Å²) < 4.78 is 19.2. The van der Waals surface area contributed by atoms with Gasteiger partial charge in [0.25, 0.3) is 0 Å². The number of aromatic nitrogens is 2. The Morgan fingerprint density at radius 1 is 1.03 bits per heavy atom. The molecule has 0 radical (unpaired) electrons. The molecule has 0 bridgehead atoms. The summed E-state index contributed by atoms with van der Waals surface area (Å²) in [6.45, 7) is 3.36. The predicted molar refractivity (Wildman–Crippen MR) is 140 cm³/mol. The van der Waals surface area contributed by atoms with Crippen LogP contribution in [0.15, 0.2) is 48.8 Å². The second-order valence-corrected chi connectivity index (χ2v) is 9.61. The molecule has 1 aliphatic carbocycles. The van der Waals surface area contributed by atoms with Crippen LogP contribution >= 0.6 is 11.6 Å². The summed E-state index contributed by atoms with van der Waals surface area (Å²) in [6.07, 6.45) is 9.73. The number of rotatable bonds is 7. The Hall–Kier alpha value is -2.90. The van der Waals surface area contributed by atoms with E-state index in [2.05, 4.69) is 26.6 Å². The van der Waals surface area contributed by atoms with Gasteiger partial charge in [0.05, 0.1) is 23.9 Å². The van der Waals surface area contributed by atoms with E-state index in [0.717, 1.165) is 47.1 Å². The van der Waals surface area contributed by atoms with Gasteiger partial charge >= 0.3 is 0 Å². The van der Waals surface area contributed by atoms with Gasteiger partial charge in [0, 0.05) is 49.2 Å². The molecule has 6 nitrogen and oxygen atoms in total. The number of hydrogen-bond acceptors (Lipinski definition) is 6. The van der Waals surface area contributed by atoms with Gasteiger partial charge in [0.2, 0.25) is 0 Å². The maximum atomic E-state index is 13.7. The summed E-state index contributed by atoms with van der Waals surface area (Å²) in [5.41, 5.74) is 3.53. The lowest BCUT2D eigenvalue weighted by atomic mass is 9.95. The van der Waals surface area contributed by atoms with E-state index < -0.39 is 0 Å². The van der Waals surface area contributed by atoms with E-state index in [9.17, 15) is 4.39 Å². The van der Waals surface area contributed by atoms with E-state index in [0.29, 0.717) is 30.8 Å². The Labute approximate surface area is 210 Å². The van der Waals surface area contributed by atoms with Gasteiger partial charge < -0.3 is 20.3 Å². The van der Waals surface area contributed by atoms with E-state index in [1.165, 1.54) is 38.2 Å². The van der Waals surface area contributed by atoms with Crippen molar-refractivity contribution in [2.45, 2.75) is 44.7 Å². The minimum Gasteiger partial charge on any atom is -0.378 e. The molecule has 0 atom stereocenters. The van der Waals surface area contributed by atoms with Gasteiger partial charge in [-0.2, -0.15) is 0 Å². The van der Waals surface area contributed by atoms with Gasteiger partial charge in [-0.25, -0.2) is 14.4 Å². The molecule has 35 heavy (non-hydrogen) atoms. The van der Waals surface area contributed by atoms with Gasteiger partial charge in [-0.1, -0.05) is 43.0 Å². The number of benzene rings is 1. The molecular weight excluding hydrogens is 465 g/mol. The number of nitrogens with zero attached hydrogens (tertiary/aromatic N) is 3. The molecule has 0 amide bonds. The van der Waals surface area contributed by atoms with Crippen LogP contribution in [0, 0.1) is 5.82 Å². The lowest BCUT2D eigenvalue weighted by molar-refractivity contribution is 0.122. The molecule has 0 unspecified atom stereocenters. The quantitative estimate of drug-likeness (QED) is 0.411. The highest BCUT2D eigenvalue weighted by Crippen LogP contribution is 2.35. The molecule has 8 heteroatoms. The van der Waals surface area contributed by atoms with Crippen LogP contribution in [0.25, 0.3) is 11.1 Å². The molecule has 3 heterocycles. The van der Waals surface area contributed by atoms with Crippen LogP contribution in [-0.4, -0.2) is 42.3 Å². The predicted octanol–water partition coefficient (Wildman–Crippen LogP) is 6.13. The molecule has 5 rings (SSSR count). The zero-order valence-corrected chi connectivity index (χ0v) is 20.5. The monoisotopic (exact) mass is 495 g/mol. The van der Waals surface area contributed by atoms with Crippen LogP contribution in [-0.2, 0) is 11.3 Å². The number of hydrogen-bond donors (Lipinski definition) is 2. The zero-order valence-electron chi connectivity index (χ0n) is 19.8. The summed E-state index contributed by atoms with van der Waals surface area (Å²) in [5, 5.41) is 7.64. The van der Waals surface area contributed by atoms with Crippen LogP contribution in [0.1, 0.15) is 37.7 Å². The normalized spacial score (nSPS) is 16.8. The highest BCUT2D eigenvalue weighted by molar-refractivity contribution is 6.33. The Morgan fingerprint density at radius 3 is 2.66 bits per heavy atom. The lowest BCUT2D eigenvalue weighted by Crippen LogP contribution is -2.37. The fourth-order valence-corrected chi connectivity index (χ4v) is 5.01. The minimum absolute atomic E-state index is 0.244. The zero-order chi connectivity index (χ0) is 24.0. The van der Waals surface area contributed by atoms with Crippen molar-refractivity contribution in [1.82, 2.24) is 9.97 Å². The highest BCUT2D eigenvalue weighted by atomic mass is 35.5. The number of pyridine rings is 2. The number of nitrogens with one attached hydrogen (secondary N) is 2. The maximum Gasteiger partial charge on any atom is 0.152 e. The third-order valence-electron chi connectivity index (χ3n) is 6.67. The summed E-state index contributed by atoms with van der Waals surface area (Å²) in [5.74, 6) is 1.45. The van der Waals surface area contributed by atoms with Gasteiger partial charge in [0.1, 0.15) is 11.6 Å². The van der Waals surface area contributed by atoms with Crippen molar-refractivity contribution in [3.8, 4) is 11.1 Å². The van der Waals surface area contributed by atoms with Crippen LogP contribution in [0.2, 0.25) is 5.02 Å². The Kier molecular flexibility index (Phi) is 7.64. The third kappa shape index (κ3) is 6.03. The van der Waals surface area contributed by atoms with Crippen molar-refractivity contribution in [1.29, 1.82) is 0 Å². The van der Waals surface area contributed by atoms with Gasteiger partial charge in [-0.15, -0.1) is 0 Å². The van der Waals surface area contributed by atoms with Crippen molar-refractivity contribution in [3.05, 3.63) is 65.2 Å². The first-order chi connectivity index (χ1) is 17.2. The van der Waals surface area contributed by atoms with Crippen molar-refractivity contribution in [2.24, 2.45) is 0 Å². The molecule has 2 N–H and O–H groups in total. The van der Waals surface area contributed by atoms with Gasteiger partial charge in [-0.3, -0.25) is 0 Å². The fraction of sp³-hybridized carbons (Fsp3) is 0.407. The molecule has 2 aliphatic rings. The topological polar surface area (TPSA) is 62.3 Å². The van der Waals surface area contributed by atoms with E-state index in [4.69, 9.17) is 21.3 Å². The van der Waals surface area contributed by atoms with E-state index in [1.54, 1.807) is 18.3 Å². The van der Waals surface area contributed by atoms with E-state index in [1.807, 2.05) is 18.3 Å². The average molecular weight is 496 g/mol. The standard InChI is InChI=1S/C27H31ClFN5O/c28-24-18-31-26(33-22-7-2-1-3-8-22)15-23(24)20-14-25(30-16-19-5-4-6-21(29)13-19)27(32-17-20)34-9-11-35-12-10-34/h4-6,13-15,17-18,22,30H,1-3,7-12,16H2,(H,31,33).